The lowest BCUT2D eigenvalue weighted by Gasteiger charge is -2.33. The molecule has 2 aromatic rings. The van der Waals surface area contributed by atoms with Crippen molar-refractivity contribution in [1.82, 2.24) is 14.5 Å². The van der Waals surface area contributed by atoms with Gasteiger partial charge in [0.2, 0.25) is 15.9 Å². The fourth-order valence-corrected chi connectivity index (χ4v) is 5.72. The molecule has 0 atom stereocenters. The van der Waals surface area contributed by atoms with E-state index in [1.54, 1.807) is 48.5 Å². The van der Waals surface area contributed by atoms with E-state index >= 15 is 0 Å². The molecule has 1 N–H and O–H groups in total. The number of nitrogens with zero attached hydrogens (tertiary/aromatic N) is 2. The van der Waals surface area contributed by atoms with Crippen LogP contribution >= 0.6 is 0 Å². The van der Waals surface area contributed by atoms with Crippen molar-refractivity contribution in [3.8, 4) is 0 Å². The molecule has 1 amide bonds. The third kappa shape index (κ3) is 6.86. The molecule has 2 aromatic carbocycles. The van der Waals surface area contributed by atoms with Gasteiger partial charge in [0.1, 0.15) is 0 Å². The zero-order chi connectivity index (χ0) is 23.4. The summed E-state index contributed by atoms with van der Waals surface area (Å²) < 4.78 is 49.7. The van der Waals surface area contributed by atoms with E-state index in [0.29, 0.717) is 38.3 Å². The number of hydrogen-bond acceptors (Lipinski definition) is 6. The summed E-state index contributed by atoms with van der Waals surface area (Å²) in [6.07, 6.45) is 1.19. The van der Waals surface area contributed by atoms with Crippen LogP contribution in [0, 0.1) is 6.92 Å². The van der Waals surface area contributed by atoms with E-state index in [4.69, 9.17) is 0 Å². The molecule has 1 aliphatic rings. The van der Waals surface area contributed by atoms with Gasteiger partial charge in [-0.1, -0.05) is 42.0 Å². The molecule has 0 radical (unpaired) electrons. The van der Waals surface area contributed by atoms with Crippen molar-refractivity contribution in [1.29, 1.82) is 0 Å². The summed E-state index contributed by atoms with van der Waals surface area (Å²) >= 11 is 0. The van der Waals surface area contributed by atoms with Gasteiger partial charge >= 0.3 is 0 Å². The topological polar surface area (TPSA) is 104 Å². The van der Waals surface area contributed by atoms with Gasteiger partial charge in [-0.05, 0) is 30.2 Å². The van der Waals surface area contributed by atoms with E-state index in [1.807, 2.05) is 11.8 Å². The average molecular weight is 480 g/mol. The number of benzene rings is 2. The van der Waals surface area contributed by atoms with Crippen LogP contribution in [0.3, 0.4) is 0 Å². The van der Waals surface area contributed by atoms with Gasteiger partial charge in [0.15, 0.2) is 9.84 Å². The smallest absolute Gasteiger partial charge is 0.243 e. The van der Waals surface area contributed by atoms with E-state index < -0.39 is 19.9 Å². The predicted octanol–water partition coefficient (Wildman–Crippen LogP) is 1.16. The Bertz CT molecular complexity index is 1140. The summed E-state index contributed by atoms with van der Waals surface area (Å²) in [6.45, 7) is 4.10. The predicted molar refractivity (Wildman–Crippen MR) is 123 cm³/mol. The van der Waals surface area contributed by atoms with Crippen LogP contribution in [0.1, 0.15) is 16.7 Å². The largest absolute Gasteiger partial charge is 0.351 e. The summed E-state index contributed by atoms with van der Waals surface area (Å²) in [5.41, 5.74) is 2.59. The maximum atomic E-state index is 12.8. The maximum absolute atomic E-state index is 12.8. The van der Waals surface area contributed by atoms with Crippen molar-refractivity contribution in [2.75, 3.05) is 39.0 Å². The van der Waals surface area contributed by atoms with Crippen LogP contribution in [0.15, 0.2) is 53.4 Å². The molecule has 0 aliphatic carbocycles. The highest BCUT2D eigenvalue weighted by atomic mass is 32.2. The summed E-state index contributed by atoms with van der Waals surface area (Å²) in [4.78, 5) is 14.5. The van der Waals surface area contributed by atoms with Crippen molar-refractivity contribution in [3.63, 3.8) is 0 Å². The number of nitrogens with one attached hydrogen (secondary N) is 1. The third-order valence-corrected chi connectivity index (χ3v) is 8.07. The summed E-state index contributed by atoms with van der Waals surface area (Å²) in [5, 5.41) is 2.86. The summed E-state index contributed by atoms with van der Waals surface area (Å²) in [6, 6.07) is 13.9. The number of piperazine rings is 1. The molecule has 32 heavy (non-hydrogen) atoms. The highest BCUT2D eigenvalue weighted by Crippen LogP contribution is 2.18. The summed E-state index contributed by atoms with van der Waals surface area (Å²) in [5.74, 6) is -0.148. The lowest BCUT2D eigenvalue weighted by atomic mass is 10.1. The number of sulfone groups is 1. The Morgan fingerprint density at radius 2 is 1.44 bits per heavy atom. The molecule has 3 rings (SSSR count). The van der Waals surface area contributed by atoms with Crippen molar-refractivity contribution in [3.05, 3.63) is 65.2 Å². The molecule has 10 heteroatoms. The molecule has 1 saturated heterocycles. The Labute approximate surface area is 190 Å². The van der Waals surface area contributed by atoms with Crippen LogP contribution < -0.4 is 5.32 Å². The second-order valence-corrected chi connectivity index (χ2v) is 12.2. The minimum absolute atomic E-state index is 0.00868. The number of carbonyl (C=O) groups is 1. The molecular formula is C22H29N3O5S2. The molecule has 1 heterocycles. The summed E-state index contributed by atoms with van der Waals surface area (Å²) in [7, 11) is -6.60. The van der Waals surface area contributed by atoms with Gasteiger partial charge in [-0.25, -0.2) is 16.8 Å². The fraction of sp³-hybridized carbons (Fsp3) is 0.409. The lowest BCUT2D eigenvalue weighted by molar-refractivity contribution is -0.122. The first-order valence-corrected chi connectivity index (χ1v) is 13.8. The second kappa shape index (κ2) is 10.1. The van der Waals surface area contributed by atoms with Crippen LogP contribution in [0.5, 0.6) is 0 Å². The molecular weight excluding hydrogens is 450 g/mol. The van der Waals surface area contributed by atoms with Crippen LogP contribution in [0.4, 0.5) is 0 Å². The van der Waals surface area contributed by atoms with E-state index in [1.165, 1.54) is 10.6 Å². The molecule has 0 aromatic heterocycles. The third-order valence-electron chi connectivity index (χ3n) is 5.30. The van der Waals surface area contributed by atoms with E-state index in [-0.39, 0.29) is 23.1 Å². The molecule has 1 aliphatic heterocycles. The Morgan fingerprint density at radius 3 is 2.00 bits per heavy atom. The standard InChI is InChI=1S/C22H29N3O5S2/c1-18-3-9-21(10-4-18)32(29,30)25-13-11-24(12-14-25)16-22(26)23-15-19-5-7-20(8-6-19)17-31(2,27)28/h3-10H,11-17H2,1-2H3,(H,23,26). The minimum Gasteiger partial charge on any atom is -0.351 e. The molecule has 8 nitrogen and oxygen atoms in total. The first kappa shape index (κ1) is 24.4. The number of aryl methyl sites for hydroxylation is 1. The molecule has 0 spiro atoms. The molecule has 174 valence electrons. The van der Waals surface area contributed by atoms with Crippen LogP contribution in [-0.2, 0) is 37.0 Å². The minimum atomic E-state index is -3.52. The number of hydrogen-bond donors (Lipinski definition) is 1. The Balaban J connectivity index is 1.45. The molecule has 1 fully saturated rings. The van der Waals surface area contributed by atoms with Crippen LogP contribution in [-0.4, -0.2) is 70.9 Å². The van der Waals surface area contributed by atoms with Gasteiger partial charge in [0.05, 0.1) is 17.2 Å². The van der Waals surface area contributed by atoms with Gasteiger partial charge in [-0.2, -0.15) is 4.31 Å². The molecule has 0 saturated carbocycles. The normalized spacial score (nSPS) is 16.1. The van der Waals surface area contributed by atoms with Gasteiger partial charge in [0, 0.05) is 39.0 Å². The van der Waals surface area contributed by atoms with Gasteiger partial charge in [-0.3, -0.25) is 9.69 Å². The quantitative estimate of drug-likeness (QED) is 0.610. The Kier molecular flexibility index (Phi) is 7.71. The first-order valence-electron chi connectivity index (χ1n) is 10.3. The van der Waals surface area contributed by atoms with Gasteiger partial charge < -0.3 is 5.32 Å². The monoisotopic (exact) mass is 479 g/mol. The number of amides is 1. The van der Waals surface area contributed by atoms with Gasteiger partial charge in [0.25, 0.3) is 0 Å². The van der Waals surface area contributed by atoms with E-state index in [0.717, 1.165) is 11.1 Å². The molecule has 0 bridgehead atoms. The number of rotatable bonds is 8. The highest BCUT2D eigenvalue weighted by molar-refractivity contribution is 7.90. The SMILES string of the molecule is Cc1ccc(S(=O)(=O)N2CCN(CC(=O)NCc3ccc(CS(C)(=O)=O)cc3)CC2)cc1. The molecule has 0 unspecified atom stereocenters. The van der Waals surface area contributed by atoms with Crippen molar-refractivity contribution >= 4 is 25.8 Å². The fourth-order valence-electron chi connectivity index (χ4n) is 3.50. The lowest BCUT2D eigenvalue weighted by Crippen LogP contribution is -2.50. The zero-order valence-corrected chi connectivity index (χ0v) is 20.0. The zero-order valence-electron chi connectivity index (χ0n) is 18.3. The van der Waals surface area contributed by atoms with E-state index in [9.17, 15) is 21.6 Å². The average Bonchev–Trinajstić information content (AvgIpc) is 2.73. The maximum Gasteiger partial charge on any atom is 0.243 e. The van der Waals surface area contributed by atoms with Crippen molar-refractivity contribution < 1.29 is 21.6 Å². The van der Waals surface area contributed by atoms with E-state index in [2.05, 4.69) is 5.32 Å². The number of carbonyl (C=O) groups excluding carboxylic acids is 1. The van der Waals surface area contributed by atoms with Crippen molar-refractivity contribution in [2.24, 2.45) is 0 Å². The number of sulfonamides is 1. The highest BCUT2D eigenvalue weighted by Gasteiger charge is 2.28. The Hall–Kier alpha value is -2.27. The second-order valence-electron chi connectivity index (χ2n) is 8.16. The Morgan fingerprint density at radius 1 is 0.875 bits per heavy atom. The van der Waals surface area contributed by atoms with Gasteiger partial charge in [-0.15, -0.1) is 0 Å². The first-order chi connectivity index (χ1) is 15.0. The van der Waals surface area contributed by atoms with Crippen LogP contribution in [0.2, 0.25) is 0 Å². The van der Waals surface area contributed by atoms with Crippen LogP contribution in [0.25, 0.3) is 0 Å². The van der Waals surface area contributed by atoms with Crippen molar-refractivity contribution in [2.45, 2.75) is 24.1 Å².